The van der Waals surface area contributed by atoms with Gasteiger partial charge in [-0.25, -0.2) is 13.1 Å². The van der Waals surface area contributed by atoms with Gasteiger partial charge in [-0.2, -0.15) is 0 Å². The van der Waals surface area contributed by atoms with E-state index in [4.69, 9.17) is 5.73 Å². The number of nitrogens with two attached hydrogens (primary N) is 1. The number of hydrogen-bond acceptors (Lipinski definition) is 4. The van der Waals surface area contributed by atoms with Crippen LogP contribution in [0.3, 0.4) is 0 Å². The Morgan fingerprint density at radius 3 is 2.48 bits per heavy atom. The van der Waals surface area contributed by atoms with Crippen molar-refractivity contribution >= 4 is 21.6 Å². The molecule has 0 heterocycles. The van der Waals surface area contributed by atoms with Gasteiger partial charge in [-0.15, -0.1) is 0 Å². The Balaban J connectivity index is 2.93. The SMILES string of the molecule is CCNS(=O)(=O)c1ccccc1NC(=O)CC(N)C(C)C. The standard InChI is InChI=1S/C14H23N3O3S/c1-4-16-21(19,20)13-8-6-5-7-12(13)17-14(18)9-11(15)10(2)3/h5-8,10-11,16H,4,9,15H2,1-3H3,(H,17,18). The number of amides is 1. The van der Waals surface area contributed by atoms with Crippen LogP contribution >= 0.6 is 0 Å². The van der Waals surface area contributed by atoms with E-state index in [1.807, 2.05) is 13.8 Å². The Bertz CT molecular complexity index is 585. The predicted molar refractivity (Wildman–Crippen MR) is 83.4 cm³/mol. The Hall–Kier alpha value is -1.44. The van der Waals surface area contributed by atoms with Gasteiger partial charge in [-0.1, -0.05) is 32.9 Å². The van der Waals surface area contributed by atoms with Gasteiger partial charge in [0, 0.05) is 19.0 Å². The maximum atomic E-state index is 12.1. The van der Waals surface area contributed by atoms with Crippen molar-refractivity contribution in [2.45, 2.75) is 38.1 Å². The Morgan fingerprint density at radius 2 is 1.90 bits per heavy atom. The molecule has 0 fully saturated rings. The number of rotatable bonds is 7. The minimum atomic E-state index is -3.63. The number of nitrogens with one attached hydrogen (secondary N) is 2. The first kappa shape index (κ1) is 17.6. The lowest BCUT2D eigenvalue weighted by Crippen LogP contribution is -2.32. The zero-order valence-electron chi connectivity index (χ0n) is 12.6. The van der Waals surface area contributed by atoms with Gasteiger partial charge in [-0.05, 0) is 18.1 Å². The van der Waals surface area contributed by atoms with E-state index in [0.717, 1.165) is 0 Å². The molecule has 0 saturated carbocycles. The van der Waals surface area contributed by atoms with Gasteiger partial charge in [0.25, 0.3) is 0 Å². The highest BCUT2D eigenvalue weighted by Crippen LogP contribution is 2.21. The lowest BCUT2D eigenvalue weighted by molar-refractivity contribution is -0.116. The fourth-order valence-electron chi connectivity index (χ4n) is 1.72. The predicted octanol–water partition coefficient (Wildman–Crippen LogP) is 1.30. The van der Waals surface area contributed by atoms with E-state index in [1.165, 1.54) is 6.07 Å². The van der Waals surface area contributed by atoms with Crippen LogP contribution in [0.1, 0.15) is 27.2 Å². The van der Waals surface area contributed by atoms with Crippen molar-refractivity contribution in [3.8, 4) is 0 Å². The molecule has 0 spiro atoms. The van der Waals surface area contributed by atoms with Crippen LogP contribution in [0.4, 0.5) is 5.69 Å². The van der Waals surface area contributed by atoms with E-state index < -0.39 is 10.0 Å². The highest BCUT2D eigenvalue weighted by atomic mass is 32.2. The molecule has 0 bridgehead atoms. The molecule has 1 atom stereocenters. The molecule has 0 aromatic heterocycles. The van der Waals surface area contributed by atoms with Crippen molar-refractivity contribution in [2.24, 2.45) is 11.7 Å². The Kier molecular flexibility index (Phi) is 6.32. The second-order valence-electron chi connectivity index (χ2n) is 5.16. The molecule has 0 aliphatic rings. The van der Waals surface area contributed by atoms with E-state index in [9.17, 15) is 13.2 Å². The minimum absolute atomic E-state index is 0.0540. The summed E-state index contributed by atoms with van der Waals surface area (Å²) < 4.78 is 26.6. The summed E-state index contributed by atoms with van der Waals surface area (Å²) in [5, 5.41) is 2.62. The zero-order chi connectivity index (χ0) is 16.0. The summed E-state index contributed by atoms with van der Waals surface area (Å²) >= 11 is 0. The van der Waals surface area contributed by atoms with Crippen LogP contribution in [0.2, 0.25) is 0 Å². The van der Waals surface area contributed by atoms with Gasteiger partial charge in [-0.3, -0.25) is 4.79 Å². The maximum absolute atomic E-state index is 12.1. The molecule has 4 N–H and O–H groups in total. The first-order valence-electron chi connectivity index (χ1n) is 6.92. The van der Waals surface area contributed by atoms with Gasteiger partial charge in [0.1, 0.15) is 4.90 Å². The van der Waals surface area contributed by atoms with Crippen LogP contribution < -0.4 is 15.8 Å². The van der Waals surface area contributed by atoms with Crippen molar-refractivity contribution in [3.63, 3.8) is 0 Å². The molecule has 1 aromatic carbocycles. The fourth-order valence-corrected chi connectivity index (χ4v) is 2.92. The zero-order valence-corrected chi connectivity index (χ0v) is 13.4. The molecule has 1 amide bonds. The molecule has 0 aliphatic heterocycles. The first-order chi connectivity index (χ1) is 9.77. The lowest BCUT2D eigenvalue weighted by atomic mass is 10.0. The average molecular weight is 313 g/mol. The largest absolute Gasteiger partial charge is 0.327 e. The normalized spacial score (nSPS) is 13.2. The summed E-state index contributed by atoms with van der Waals surface area (Å²) in [7, 11) is -3.63. The topological polar surface area (TPSA) is 101 Å². The molecule has 1 aromatic rings. The highest BCUT2D eigenvalue weighted by molar-refractivity contribution is 7.89. The fraction of sp³-hybridized carbons (Fsp3) is 0.500. The third-order valence-electron chi connectivity index (χ3n) is 3.06. The second kappa shape index (κ2) is 7.53. The Morgan fingerprint density at radius 1 is 1.29 bits per heavy atom. The summed E-state index contributed by atoms with van der Waals surface area (Å²) in [5.74, 6) is -0.119. The van der Waals surface area contributed by atoms with Crippen molar-refractivity contribution in [1.82, 2.24) is 4.72 Å². The minimum Gasteiger partial charge on any atom is -0.327 e. The summed E-state index contributed by atoms with van der Waals surface area (Å²) in [6.07, 6.45) is 0.146. The molecule has 1 rings (SSSR count). The first-order valence-corrected chi connectivity index (χ1v) is 8.40. The van der Waals surface area contributed by atoms with Gasteiger partial charge >= 0.3 is 0 Å². The van der Waals surface area contributed by atoms with Crippen LogP contribution in [0, 0.1) is 5.92 Å². The molecule has 1 unspecified atom stereocenters. The van der Waals surface area contributed by atoms with Gasteiger partial charge < -0.3 is 11.1 Å². The van der Waals surface area contributed by atoms with Crippen molar-refractivity contribution in [1.29, 1.82) is 0 Å². The molecular formula is C14H23N3O3S. The number of para-hydroxylation sites is 1. The molecule has 6 nitrogen and oxygen atoms in total. The maximum Gasteiger partial charge on any atom is 0.242 e. The van der Waals surface area contributed by atoms with Gasteiger partial charge in [0.05, 0.1) is 5.69 Å². The third-order valence-corrected chi connectivity index (χ3v) is 4.67. The average Bonchev–Trinajstić information content (AvgIpc) is 2.38. The summed E-state index contributed by atoms with van der Waals surface area (Å²) in [6.45, 7) is 5.84. The van der Waals surface area contributed by atoms with Crippen LogP contribution in [-0.4, -0.2) is 26.9 Å². The molecule has 118 valence electrons. The van der Waals surface area contributed by atoms with Gasteiger partial charge in [0.15, 0.2) is 0 Å². The van der Waals surface area contributed by atoms with E-state index >= 15 is 0 Å². The molecule has 21 heavy (non-hydrogen) atoms. The smallest absolute Gasteiger partial charge is 0.242 e. The van der Waals surface area contributed by atoms with Crippen LogP contribution in [0.25, 0.3) is 0 Å². The summed E-state index contributed by atoms with van der Waals surface area (Å²) in [4.78, 5) is 12.0. The van der Waals surface area contributed by atoms with E-state index in [2.05, 4.69) is 10.0 Å². The molecular weight excluding hydrogens is 290 g/mol. The quantitative estimate of drug-likeness (QED) is 0.706. The van der Waals surface area contributed by atoms with Crippen molar-refractivity contribution in [3.05, 3.63) is 24.3 Å². The number of sulfonamides is 1. The molecule has 7 heteroatoms. The van der Waals surface area contributed by atoms with Gasteiger partial charge in [0.2, 0.25) is 15.9 Å². The highest BCUT2D eigenvalue weighted by Gasteiger charge is 2.19. The number of benzene rings is 1. The summed E-state index contributed by atoms with van der Waals surface area (Å²) in [5.41, 5.74) is 6.11. The lowest BCUT2D eigenvalue weighted by Gasteiger charge is -2.16. The Labute approximate surface area is 126 Å². The number of anilines is 1. The second-order valence-corrected chi connectivity index (χ2v) is 6.89. The monoisotopic (exact) mass is 313 g/mol. The number of carbonyl (C=O) groups is 1. The summed E-state index contributed by atoms with van der Waals surface area (Å²) in [6, 6.07) is 6.03. The molecule has 0 saturated heterocycles. The van der Waals surface area contributed by atoms with Crippen LogP contribution in [0.15, 0.2) is 29.2 Å². The van der Waals surface area contributed by atoms with E-state index in [1.54, 1.807) is 25.1 Å². The van der Waals surface area contributed by atoms with E-state index in [0.29, 0.717) is 0 Å². The van der Waals surface area contributed by atoms with E-state index in [-0.39, 0.29) is 41.4 Å². The van der Waals surface area contributed by atoms with Crippen LogP contribution in [0.5, 0.6) is 0 Å². The van der Waals surface area contributed by atoms with Crippen LogP contribution in [-0.2, 0) is 14.8 Å². The molecule has 0 radical (unpaired) electrons. The number of carbonyl (C=O) groups excluding carboxylic acids is 1. The molecule has 0 aliphatic carbocycles. The third kappa shape index (κ3) is 5.11. The number of hydrogen-bond donors (Lipinski definition) is 3. The van der Waals surface area contributed by atoms with Crippen molar-refractivity contribution < 1.29 is 13.2 Å². The van der Waals surface area contributed by atoms with Crippen molar-refractivity contribution in [2.75, 3.05) is 11.9 Å².